The van der Waals surface area contributed by atoms with Gasteiger partial charge in [-0.25, -0.2) is 9.78 Å². The number of rotatable bonds is 8. The van der Waals surface area contributed by atoms with E-state index in [1.54, 1.807) is 12.4 Å². The number of carbonyl (C=O) groups is 1. The van der Waals surface area contributed by atoms with Crippen LogP contribution in [0.25, 0.3) is 22.2 Å². The van der Waals surface area contributed by atoms with Crippen LogP contribution in [0.2, 0.25) is 10.0 Å². The predicted octanol–water partition coefficient (Wildman–Crippen LogP) is 8.62. The van der Waals surface area contributed by atoms with Gasteiger partial charge < -0.3 is 19.1 Å². The van der Waals surface area contributed by atoms with E-state index in [2.05, 4.69) is 27.0 Å². The summed E-state index contributed by atoms with van der Waals surface area (Å²) in [4.78, 5) is 20.0. The Morgan fingerprint density at radius 2 is 1.80 bits per heavy atom. The molecule has 0 spiro atoms. The highest BCUT2D eigenvalue weighted by Gasteiger charge is 2.49. The fourth-order valence-electron chi connectivity index (χ4n) is 6.68. The molecule has 8 rings (SSSR count). The zero-order valence-electron chi connectivity index (χ0n) is 25.2. The molecule has 3 aromatic heterocycles. The van der Waals surface area contributed by atoms with Crippen LogP contribution in [0.3, 0.4) is 0 Å². The van der Waals surface area contributed by atoms with Crippen molar-refractivity contribution in [2.75, 3.05) is 0 Å². The van der Waals surface area contributed by atoms with Crippen LogP contribution < -0.4 is 4.74 Å². The third-order valence-electron chi connectivity index (χ3n) is 9.38. The molecule has 0 saturated heterocycles. The molecule has 0 radical (unpaired) electrons. The number of aromatic nitrogens is 3. The molecule has 45 heavy (non-hydrogen) atoms. The first-order valence-corrected chi connectivity index (χ1v) is 16.2. The first-order valence-electron chi connectivity index (χ1n) is 15.4. The van der Waals surface area contributed by atoms with Crippen molar-refractivity contribution in [2.45, 2.75) is 89.4 Å². The van der Waals surface area contributed by atoms with Gasteiger partial charge in [-0.1, -0.05) is 40.2 Å². The van der Waals surface area contributed by atoms with Crippen LogP contribution in [0, 0.1) is 17.3 Å². The van der Waals surface area contributed by atoms with Gasteiger partial charge in [0.25, 0.3) is 0 Å². The van der Waals surface area contributed by atoms with Crippen molar-refractivity contribution >= 4 is 40.1 Å². The molecular formula is C35H33Cl2N3O5. The van der Waals surface area contributed by atoms with Gasteiger partial charge in [0, 0.05) is 51.9 Å². The number of carboxylic acids is 1. The molecule has 0 unspecified atom stereocenters. The van der Waals surface area contributed by atoms with E-state index in [1.807, 2.05) is 32.0 Å². The van der Waals surface area contributed by atoms with Gasteiger partial charge in [0.05, 0.1) is 33.9 Å². The molecule has 1 N–H and O–H groups in total. The van der Waals surface area contributed by atoms with Gasteiger partial charge in [0.2, 0.25) is 0 Å². The Hall–Kier alpha value is -3.64. The molecule has 4 saturated carbocycles. The smallest absolute Gasteiger partial charge is 0.354 e. The molecule has 2 bridgehead atoms. The summed E-state index contributed by atoms with van der Waals surface area (Å²) in [5.41, 5.74) is 3.34. The van der Waals surface area contributed by atoms with Crippen LogP contribution in [0.5, 0.6) is 5.75 Å². The number of benzene rings is 1. The lowest BCUT2D eigenvalue weighted by Gasteiger charge is -2.51. The number of aromatic carboxylic acids is 1. The van der Waals surface area contributed by atoms with Gasteiger partial charge >= 0.3 is 5.97 Å². The van der Waals surface area contributed by atoms with E-state index in [9.17, 15) is 9.90 Å². The quantitative estimate of drug-likeness (QED) is 0.190. The van der Waals surface area contributed by atoms with Gasteiger partial charge in [0.15, 0.2) is 5.69 Å². The van der Waals surface area contributed by atoms with Crippen LogP contribution in [0.1, 0.15) is 98.5 Å². The zero-order chi connectivity index (χ0) is 31.3. The molecule has 0 atom stereocenters. The predicted molar refractivity (Wildman–Crippen MR) is 171 cm³/mol. The first kappa shape index (κ1) is 30.0. The van der Waals surface area contributed by atoms with Gasteiger partial charge in [0.1, 0.15) is 17.2 Å². The van der Waals surface area contributed by atoms with Gasteiger partial charge in [-0.05, 0) is 83.4 Å². The maximum Gasteiger partial charge on any atom is 0.354 e. The third-order valence-corrected chi connectivity index (χ3v) is 9.95. The molecule has 4 aliphatic carbocycles. The van der Waals surface area contributed by atoms with Crippen molar-refractivity contribution in [1.82, 2.24) is 15.1 Å². The number of hydrogen-bond donors (Lipinski definition) is 1. The molecule has 4 aliphatic rings. The van der Waals surface area contributed by atoms with Gasteiger partial charge in [-0.15, -0.1) is 0 Å². The number of halogens is 2. The molecule has 232 valence electrons. The molecule has 1 aromatic carbocycles. The van der Waals surface area contributed by atoms with Crippen molar-refractivity contribution in [3.8, 4) is 28.8 Å². The van der Waals surface area contributed by atoms with Crippen LogP contribution >= 0.6 is 23.2 Å². The highest BCUT2D eigenvalue weighted by Crippen LogP contribution is 2.54. The Morgan fingerprint density at radius 3 is 2.44 bits per heavy atom. The van der Waals surface area contributed by atoms with E-state index in [-0.39, 0.29) is 22.8 Å². The van der Waals surface area contributed by atoms with Crippen molar-refractivity contribution in [3.63, 3.8) is 0 Å². The second kappa shape index (κ2) is 11.6. The Bertz CT molecular complexity index is 1830. The number of ether oxygens (including phenoxy) is 2. The van der Waals surface area contributed by atoms with E-state index < -0.39 is 5.97 Å². The fraction of sp³-hybridized carbons (Fsp3) is 0.429. The monoisotopic (exact) mass is 645 g/mol. The summed E-state index contributed by atoms with van der Waals surface area (Å²) in [5.74, 6) is 7.72. The summed E-state index contributed by atoms with van der Waals surface area (Å²) in [6, 6.07) is 7.15. The van der Waals surface area contributed by atoms with E-state index >= 15 is 0 Å². The van der Waals surface area contributed by atoms with Crippen molar-refractivity contribution < 1.29 is 23.9 Å². The lowest BCUT2D eigenvalue weighted by molar-refractivity contribution is -0.131. The number of nitrogens with zero attached hydrogens (tertiary/aromatic N) is 3. The Morgan fingerprint density at radius 1 is 1.09 bits per heavy atom. The normalized spacial score (nSPS) is 22.4. The topological polar surface area (TPSA) is 108 Å². The van der Waals surface area contributed by atoms with Crippen LogP contribution in [0.15, 0.2) is 41.2 Å². The summed E-state index contributed by atoms with van der Waals surface area (Å²) < 4.78 is 18.6. The maximum absolute atomic E-state index is 11.6. The molecule has 8 nitrogen and oxygen atoms in total. The zero-order valence-corrected chi connectivity index (χ0v) is 26.7. The Balaban J connectivity index is 1.08. The van der Waals surface area contributed by atoms with Crippen molar-refractivity contribution in [3.05, 3.63) is 69.3 Å². The van der Waals surface area contributed by atoms with E-state index in [1.165, 1.54) is 6.07 Å². The number of hydrogen-bond acceptors (Lipinski definition) is 7. The van der Waals surface area contributed by atoms with Crippen LogP contribution in [-0.2, 0) is 11.3 Å². The average molecular weight is 647 g/mol. The Labute approximate surface area is 271 Å². The fourth-order valence-corrected chi connectivity index (χ4v) is 7.22. The molecule has 0 aliphatic heterocycles. The second-order valence-corrected chi connectivity index (χ2v) is 13.7. The average Bonchev–Trinajstić information content (AvgIpc) is 3.79. The summed E-state index contributed by atoms with van der Waals surface area (Å²) in [7, 11) is 0. The number of pyridine rings is 2. The molecule has 3 heterocycles. The largest absolute Gasteiger partial charge is 0.490 e. The minimum absolute atomic E-state index is 0.0417. The molecule has 4 aromatic rings. The highest BCUT2D eigenvalue weighted by atomic mass is 35.5. The minimum atomic E-state index is -1.09. The number of carboxylic acid groups (broad SMARTS) is 1. The SMILES string of the molecule is CC(C)Oc1cc(C(=O)O)nc2ccc(C#CC34CCC(OCc5c(-c6c(Cl)cncc6Cl)noc5C5CC5)(CC3)CC4)cc12. The maximum atomic E-state index is 11.6. The second-order valence-electron chi connectivity index (χ2n) is 12.8. The highest BCUT2D eigenvalue weighted by molar-refractivity contribution is 6.38. The molecule has 10 heteroatoms. The standard InChI is InChI=1S/C35H33Cl2N3O5/c1-20(2)44-29-16-28(33(41)42)39-27-6-3-21(15-23(27)29)7-8-34-9-12-35(13-10-34,14-11-34)43-19-24-31(40-45-32(24)22-4-5-22)30-25(36)17-38-18-26(30)37/h3,6,15-18,20,22H,4-5,9-14,19H2,1-2H3,(H,41,42). The molecule has 0 amide bonds. The summed E-state index contributed by atoms with van der Waals surface area (Å²) in [6.45, 7) is 4.22. The van der Waals surface area contributed by atoms with Crippen LogP contribution in [-0.4, -0.2) is 37.9 Å². The molecule has 4 fully saturated rings. The lowest BCUT2D eigenvalue weighted by atomic mass is 9.59. The van der Waals surface area contributed by atoms with E-state index in [0.717, 1.165) is 73.6 Å². The van der Waals surface area contributed by atoms with Crippen molar-refractivity contribution in [1.29, 1.82) is 0 Å². The number of fused-ring (bicyclic) bond motifs is 4. The lowest BCUT2D eigenvalue weighted by Crippen LogP contribution is -2.47. The van der Waals surface area contributed by atoms with Crippen LogP contribution in [0.4, 0.5) is 0 Å². The Kier molecular flexibility index (Phi) is 7.76. The van der Waals surface area contributed by atoms with Gasteiger partial charge in [-0.3, -0.25) is 4.98 Å². The third kappa shape index (κ3) is 5.90. The molecular weight excluding hydrogens is 613 g/mol. The summed E-state index contributed by atoms with van der Waals surface area (Å²) in [6.07, 6.45) is 10.9. The van der Waals surface area contributed by atoms with E-state index in [4.69, 9.17) is 37.2 Å². The minimum Gasteiger partial charge on any atom is -0.490 e. The van der Waals surface area contributed by atoms with Crippen molar-refractivity contribution in [2.24, 2.45) is 5.41 Å². The first-order chi connectivity index (χ1) is 21.6. The summed E-state index contributed by atoms with van der Waals surface area (Å²) in [5, 5.41) is 15.5. The summed E-state index contributed by atoms with van der Waals surface area (Å²) >= 11 is 13.0. The van der Waals surface area contributed by atoms with Gasteiger partial charge in [-0.2, -0.15) is 0 Å². The van der Waals surface area contributed by atoms with E-state index in [0.29, 0.717) is 45.1 Å².